The number of piperazine rings is 1. The molecule has 0 bridgehead atoms. The number of rotatable bonds is 7. The molecule has 1 aliphatic rings. The first kappa shape index (κ1) is 22.9. The van der Waals surface area contributed by atoms with Gasteiger partial charge < -0.3 is 19.3 Å². The van der Waals surface area contributed by atoms with Gasteiger partial charge in [-0.25, -0.2) is 0 Å². The Hall–Kier alpha value is -3.82. The molecule has 0 spiro atoms. The van der Waals surface area contributed by atoms with Crippen LogP contribution in [0.2, 0.25) is 0 Å². The van der Waals surface area contributed by atoms with Crippen molar-refractivity contribution < 1.29 is 14.4 Å². The summed E-state index contributed by atoms with van der Waals surface area (Å²) in [6.45, 7) is 8.54. The molecular weight excluding hydrogens is 412 g/mol. The third-order valence-corrected chi connectivity index (χ3v) is 5.32. The average molecular weight is 441 g/mol. The molecule has 0 amide bonds. The number of ether oxygens (including phenoxy) is 2. The van der Waals surface area contributed by atoms with E-state index in [9.17, 15) is 10.1 Å². The zero-order valence-corrected chi connectivity index (χ0v) is 18.8. The van der Waals surface area contributed by atoms with E-state index in [0.717, 1.165) is 22.6 Å². The zero-order valence-electron chi connectivity index (χ0n) is 18.8. The van der Waals surface area contributed by atoms with Gasteiger partial charge in [0, 0.05) is 68.4 Å². The van der Waals surface area contributed by atoms with Gasteiger partial charge in [-0.2, -0.15) is 10.1 Å². The lowest BCUT2D eigenvalue weighted by atomic mass is 10.0. The van der Waals surface area contributed by atoms with Gasteiger partial charge in [-0.3, -0.25) is 14.8 Å². The number of anilines is 1. The van der Waals surface area contributed by atoms with Crippen LogP contribution in [0, 0.1) is 10.1 Å². The highest BCUT2D eigenvalue weighted by Gasteiger charge is 2.26. The van der Waals surface area contributed by atoms with E-state index in [-0.39, 0.29) is 11.4 Å². The Morgan fingerprint density at radius 1 is 1.28 bits per heavy atom. The number of nitro benzene ring substituents is 1. The number of aromatic nitrogens is 2. The van der Waals surface area contributed by atoms with Crippen molar-refractivity contribution in [2.75, 3.05) is 45.3 Å². The van der Waals surface area contributed by atoms with Crippen molar-refractivity contribution in [3.8, 4) is 16.9 Å². The molecule has 2 heterocycles. The third kappa shape index (κ3) is 4.74. The second-order valence-electron chi connectivity index (χ2n) is 7.18. The summed E-state index contributed by atoms with van der Waals surface area (Å²) in [6.07, 6.45) is 7.06. The van der Waals surface area contributed by atoms with Crippen molar-refractivity contribution in [1.29, 1.82) is 0 Å². The standard InChI is InChI=1S/C22H28N6O4/c1-6-21(24-22(7-2)32-5)27-10-8-26(9-11-27)18-13-20(31-4)19(28(29)30)12-17(18)16-14-23-25(3)15-16/h6-7,12-15H,1,8-11H2,2-5H3/b22-7+,24-21?. The summed E-state index contributed by atoms with van der Waals surface area (Å²) in [6, 6.07) is 3.30. The third-order valence-electron chi connectivity index (χ3n) is 5.32. The maximum atomic E-state index is 11.6. The first-order valence-corrected chi connectivity index (χ1v) is 10.2. The predicted molar refractivity (Wildman–Crippen MR) is 124 cm³/mol. The minimum atomic E-state index is -0.429. The normalized spacial score (nSPS) is 15.0. The predicted octanol–water partition coefficient (Wildman–Crippen LogP) is 3.22. The zero-order chi connectivity index (χ0) is 23.3. The van der Waals surface area contributed by atoms with Crippen LogP contribution in [-0.4, -0.2) is 65.8 Å². The molecule has 0 N–H and O–H groups in total. The summed E-state index contributed by atoms with van der Waals surface area (Å²) < 4.78 is 12.3. The van der Waals surface area contributed by atoms with E-state index in [1.54, 1.807) is 42.3 Å². The highest BCUT2D eigenvalue weighted by molar-refractivity contribution is 5.93. The van der Waals surface area contributed by atoms with E-state index in [1.165, 1.54) is 7.11 Å². The summed E-state index contributed by atoms with van der Waals surface area (Å²) in [7, 11) is 4.84. The van der Waals surface area contributed by atoms with Crippen LogP contribution in [0.5, 0.6) is 5.75 Å². The first-order valence-electron chi connectivity index (χ1n) is 10.2. The van der Waals surface area contributed by atoms with Crippen LogP contribution in [0.4, 0.5) is 11.4 Å². The highest BCUT2D eigenvalue weighted by Crippen LogP contribution is 2.40. The summed E-state index contributed by atoms with van der Waals surface area (Å²) in [5.74, 6) is 1.50. The van der Waals surface area contributed by atoms with E-state index < -0.39 is 4.92 Å². The van der Waals surface area contributed by atoms with Crippen LogP contribution >= 0.6 is 0 Å². The molecule has 1 saturated heterocycles. The molecule has 1 aliphatic heterocycles. The Kier molecular flexibility index (Phi) is 7.14. The maximum Gasteiger partial charge on any atom is 0.311 e. The number of hydrogen-bond donors (Lipinski definition) is 0. The Labute approximate surface area is 187 Å². The van der Waals surface area contributed by atoms with Crippen molar-refractivity contribution in [1.82, 2.24) is 14.7 Å². The Bertz CT molecular complexity index is 1050. The average Bonchev–Trinajstić information content (AvgIpc) is 3.25. The largest absolute Gasteiger partial charge is 0.490 e. The molecule has 1 aromatic carbocycles. The lowest BCUT2D eigenvalue weighted by Crippen LogP contribution is -2.48. The number of benzene rings is 1. The molecule has 32 heavy (non-hydrogen) atoms. The SMILES string of the molecule is C=CC(=N/C(=C\C)OC)N1CCN(c2cc(OC)c([N+](=O)[O-])cc2-c2cnn(C)c2)CC1. The first-order chi connectivity index (χ1) is 15.4. The summed E-state index contributed by atoms with van der Waals surface area (Å²) in [5, 5.41) is 15.8. The summed E-state index contributed by atoms with van der Waals surface area (Å²) >= 11 is 0. The van der Waals surface area contributed by atoms with Gasteiger partial charge in [-0.1, -0.05) is 6.58 Å². The minimum absolute atomic E-state index is 0.0757. The molecule has 0 atom stereocenters. The fourth-order valence-electron chi connectivity index (χ4n) is 3.68. The van der Waals surface area contributed by atoms with Crippen molar-refractivity contribution in [2.24, 2.45) is 12.0 Å². The van der Waals surface area contributed by atoms with E-state index in [1.807, 2.05) is 20.2 Å². The molecule has 1 aromatic heterocycles. The van der Waals surface area contributed by atoms with Crippen LogP contribution in [0.15, 0.2) is 54.1 Å². The van der Waals surface area contributed by atoms with Crippen LogP contribution in [0.3, 0.4) is 0 Å². The Balaban J connectivity index is 1.93. The molecule has 2 aromatic rings. The molecule has 0 radical (unpaired) electrons. The number of hydrogen-bond acceptors (Lipinski definition) is 7. The number of methoxy groups -OCH3 is 2. The molecule has 10 heteroatoms. The number of nitro groups is 1. The molecule has 0 unspecified atom stereocenters. The van der Waals surface area contributed by atoms with Crippen molar-refractivity contribution in [3.05, 3.63) is 59.3 Å². The van der Waals surface area contributed by atoms with Crippen LogP contribution < -0.4 is 9.64 Å². The van der Waals surface area contributed by atoms with Gasteiger partial charge in [0.25, 0.3) is 0 Å². The molecule has 1 fully saturated rings. The van der Waals surface area contributed by atoms with Gasteiger partial charge in [0.2, 0.25) is 5.88 Å². The van der Waals surface area contributed by atoms with E-state index in [2.05, 4.69) is 26.5 Å². The smallest absolute Gasteiger partial charge is 0.311 e. The number of aryl methyl sites for hydroxylation is 1. The van der Waals surface area contributed by atoms with Crippen molar-refractivity contribution >= 4 is 17.2 Å². The van der Waals surface area contributed by atoms with Crippen molar-refractivity contribution in [3.63, 3.8) is 0 Å². The number of amidine groups is 1. The van der Waals surface area contributed by atoms with Crippen LogP contribution in [0.25, 0.3) is 11.1 Å². The monoisotopic (exact) mass is 440 g/mol. The van der Waals surface area contributed by atoms with Crippen LogP contribution in [-0.2, 0) is 11.8 Å². The van der Waals surface area contributed by atoms with Gasteiger partial charge in [-0.15, -0.1) is 0 Å². The topological polar surface area (TPSA) is 98.3 Å². The minimum Gasteiger partial charge on any atom is -0.490 e. The summed E-state index contributed by atoms with van der Waals surface area (Å²) in [4.78, 5) is 20.0. The highest BCUT2D eigenvalue weighted by atomic mass is 16.6. The quantitative estimate of drug-likeness (QED) is 0.214. The molecule has 0 aliphatic carbocycles. The molecule has 0 saturated carbocycles. The fraction of sp³-hybridized carbons (Fsp3) is 0.364. The maximum absolute atomic E-state index is 11.6. The second kappa shape index (κ2) is 9.99. The van der Waals surface area contributed by atoms with Crippen molar-refractivity contribution in [2.45, 2.75) is 6.92 Å². The van der Waals surface area contributed by atoms with E-state index in [0.29, 0.717) is 32.1 Å². The molecule has 10 nitrogen and oxygen atoms in total. The lowest BCUT2D eigenvalue weighted by molar-refractivity contribution is -0.385. The lowest BCUT2D eigenvalue weighted by Gasteiger charge is -2.38. The second-order valence-corrected chi connectivity index (χ2v) is 7.18. The van der Waals surface area contributed by atoms with Gasteiger partial charge in [0.15, 0.2) is 5.75 Å². The van der Waals surface area contributed by atoms with Gasteiger partial charge in [0.05, 0.1) is 25.3 Å². The van der Waals surface area contributed by atoms with Gasteiger partial charge in [-0.05, 0) is 19.1 Å². The van der Waals surface area contributed by atoms with E-state index in [4.69, 9.17) is 9.47 Å². The Morgan fingerprint density at radius 3 is 2.50 bits per heavy atom. The molecule has 170 valence electrons. The van der Waals surface area contributed by atoms with Gasteiger partial charge in [0.1, 0.15) is 5.84 Å². The number of aliphatic imine (C=N–C) groups is 1. The Morgan fingerprint density at radius 2 is 2.00 bits per heavy atom. The number of nitrogens with zero attached hydrogens (tertiary/aromatic N) is 6. The van der Waals surface area contributed by atoms with Crippen LogP contribution in [0.1, 0.15) is 6.92 Å². The van der Waals surface area contributed by atoms with Gasteiger partial charge >= 0.3 is 5.69 Å². The number of allylic oxidation sites excluding steroid dienone is 1. The summed E-state index contributed by atoms with van der Waals surface area (Å²) in [5.41, 5.74) is 2.34. The molecule has 3 rings (SSSR count). The molecular formula is C22H28N6O4. The fourth-order valence-corrected chi connectivity index (χ4v) is 3.68. The van der Waals surface area contributed by atoms with E-state index >= 15 is 0 Å².